The summed E-state index contributed by atoms with van der Waals surface area (Å²) in [6, 6.07) is 0. The molecule has 0 heterocycles. The van der Waals surface area contributed by atoms with Crippen molar-refractivity contribution in [2.75, 3.05) is 0 Å². The van der Waals surface area contributed by atoms with E-state index in [2.05, 4.69) is 0 Å². The monoisotopic (exact) mass is 226 g/mol. The third kappa shape index (κ3) is 4.21. The number of nitrogens with two attached hydrogens (primary N) is 2. The molecule has 0 aromatic rings. The predicted octanol–water partition coefficient (Wildman–Crippen LogP) is 1.47. The minimum Gasteiger partial charge on any atom is -0.370 e. The molecule has 0 bridgehead atoms. The van der Waals surface area contributed by atoms with Crippen LogP contribution in [0.1, 0.15) is 57.8 Å². The molecule has 0 radical (unpaired) electrons. The number of carbonyl (C=O) groups excluding carboxylic acids is 2. The van der Waals surface area contributed by atoms with Gasteiger partial charge in [-0.15, -0.1) is 0 Å². The Labute approximate surface area is 96.8 Å². The minimum atomic E-state index is -0.217. The molecule has 16 heavy (non-hydrogen) atoms. The normalized spacial score (nSPS) is 17.0. The van der Waals surface area contributed by atoms with Crippen LogP contribution in [0, 0.1) is 5.41 Å². The number of rotatable bonds is 9. The van der Waals surface area contributed by atoms with Crippen LogP contribution in [0.4, 0.5) is 0 Å². The molecule has 0 aromatic heterocycles. The van der Waals surface area contributed by atoms with Gasteiger partial charge in [-0.25, -0.2) is 0 Å². The second-order valence-electron chi connectivity index (χ2n) is 4.88. The molecule has 92 valence electrons. The van der Waals surface area contributed by atoms with E-state index < -0.39 is 0 Å². The SMILES string of the molecule is NC(=O)CCCCCCCC1(C(N)=O)CC1. The molecule has 1 aliphatic rings. The average Bonchev–Trinajstić information content (AvgIpc) is 2.97. The Morgan fingerprint density at radius 3 is 2.00 bits per heavy atom. The highest BCUT2D eigenvalue weighted by atomic mass is 16.1. The standard InChI is InChI=1S/C12H22N2O2/c13-10(15)6-4-2-1-3-5-7-12(8-9-12)11(14)16/h1-9H2,(H2,13,15)(H2,14,16). The second kappa shape index (κ2) is 5.87. The molecule has 1 aliphatic carbocycles. The number of primary amides is 2. The summed E-state index contributed by atoms with van der Waals surface area (Å²) in [6.07, 6.45) is 8.62. The maximum absolute atomic E-state index is 11.1. The van der Waals surface area contributed by atoms with Gasteiger partial charge in [-0.2, -0.15) is 0 Å². The van der Waals surface area contributed by atoms with Crippen molar-refractivity contribution in [2.24, 2.45) is 16.9 Å². The number of unbranched alkanes of at least 4 members (excludes halogenated alkanes) is 4. The molecule has 4 nitrogen and oxygen atoms in total. The van der Waals surface area contributed by atoms with Gasteiger partial charge >= 0.3 is 0 Å². The van der Waals surface area contributed by atoms with Crippen LogP contribution in [0.15, 0.2) is 0 Å². The highest BCUT2D eigenvalue weighted by Crippen LogP contribution is 2.49. The zero-order valence-corrected chi connectivity index (χ0v) is 9.84. The molecule has 0 spiro atoms. The largest absolute Gasteiger partial charge is 0.370 e. The molecule has 0 unspecified atom stereocenters. The van der Waals surface area contributed by atoms with Crippen LogP contribution in [-0.4, -0.2) is 11.8 Å². The summed E-state index contributed by atoms with van der Waals surface area (Å²) in [4.78, 5) is 21.6. The smallest absolute Gasteiger partial charge is 0.223 e. The molecule has 0 aliphatic heterocycles. The quantitative estimate of drug-likeness (QED) is 0.583. The van der Waals surface area contributed by atoms with Crippen LogP contribution in [0.5, 0.6) is 0 Å². The van der Waals surface area contributed by atoms with E-state index in [0.29, 0.717) is 6.42 Å². The zero-order chi connectivity index (χ0) is 12.0. The fourth-order valence-corrected chi connectivity index (χ4v) is 2.06. The fraction of sp³-hybridized carbons (Fsp3) is 0.833. The van der Waals surface area contributed by atoms with Gasteiger partial charge in [0, 0.05) is 11.8 Å². The molecule has 4 N–H and O–H groups in total. The van der Waals surface area contributed by atoms with Crippen LogP contribution in [0.2, 0.25) is 0 Å². The predicted molar refractivity (Wildman–Crippen MR) is 62.4 cm³/mol. The molecular formula is C12H22N2O2. The first-order chi connectivity index (χ1) is 7.57. The maximum atomic E-state index is 11.1. The first kappa shape index (κ1) is 13.0. The molecule has 4 heteroatoms. The van der Waals surface area contributed by atoms with Gasteiger partial charge in [0.25, 0.3) is 0 Å². The number of hydrogen-bond donors (Lipinski definition) is 2. The second-order valence-corrected chi connectivity index (χ2v) is 4.88. The molecule has 0 atom stereocenters. The lowest BCUT2D eigenvalue weighted by Crippen LogP contribution is -2.24. The maximum Gasteiger partial charge on any atom is 0.223 e. The summed E-state index contributed by atoms with van der Waals surface area (Å²) >= 11 is 0. The van der Waals surface area contributed by atoms with Gasteiger partial charge in [-0.05, 0) is 25.7 Å². The molecule has 0 aromatic carbocycles. The minimum absolute atomic E-state index is 0.124. The van der Waals surface area contributed by atoms with Crippen LogP contribution in [-0.2, 0) is 9.59 Å². The van der Waals surface area contributed by atoms with Crippen molar-refractivity contribution in [1.29, 1.82) is 0 Å². The number of hydrogen-bond acceptors (Lipinski definition) is 2. The summed E-state index contributed by atoms with van der Waals surface area (Å²) in [5.41, 5.74) is 10.2. The van der Waals surface area contributed by atoms with E-state index in [-0.39, 0.29) is 17.2 Å². The van der Waals surface area contributed by atoms with E-state index in [9.17, 15) is 9.59 Å². The third-order valence-electron chi connectivity index (χ3n) is 3.45. The van der Waals surface area contributed by atoms with Gasteiger partial charge in [0.05, 0.1) is 0 Å². The van der Waals surface area contributed by atoms with Crippen LogP contribution >= 0.6 is 0 Å². The summed E-state index contributed by atoms with van der Waals surface area (Å²) in [6.45, 7) is 0. The first-order valence-electron chi connectivity index (χ1n) is 6.15. The number of amides is 2. The van der Waals surface area contributed by atoms with Gasteiger partial charge in [-0.1, -0.05) is 25.7 Å². The van der Waals surface area contributed by atoms with Crippen molar-refractivity contribution < 1.29 is 9.59 Å². The van der Waals surface area contributed by atoms with Crippen molar-refractivity contribution in [2.45, 2.75) is 57.8 Å². The molecule has 1 rings (SSSR count). The molecule has 2 amide bonds. The van der Waals surface area contributed by atoms with Crippen molar-refractivity contribution >= 4 is 11.8 Å². The highest BCUT2D eigenvalue weighted by molar-refractivity contribution is 5.83. The van der Waals surface area contributed by atoms with E-state index in [0.717, 1.165) is 51.4 Å². The lowest BCUT2D eigenvalue weighted by Gasteiger charge is -2.09. The third-order valence-corrected chi connectivity index (χ3v) is 3.45. The Morgan fingerprint density at radius 1 is 0.938 bits per heavy atom. The van der Waals surface area contributed by atoms with E-state index in [1.807, 2.05) is 0 Å². The Bertz CT molecular complexity index is 260. The van der Waals surface area contributed by atoms with Gasteiger partial charge in [0.1, 0.15) is 0 Å². The lowest BCUT2D eigenvalue weighted by atomic mass is 9.97. The summed E-state index contributed by atoms with van der Waals surface area (Å²) in [5.74, 6) is -0.341. The Kier molecular flexibility index (Phi) is 4.77. The van der Waals surface area contributed by atoms with E-state index in [1.165, 1.54) is 0 Å². The van der Waals surface area contributed by atoms with Crippen molar-refractivity contribution in [3.05, 3.63) is 0 Å². The van der Waals surface area contributed by atoms with Gasteiger partial charge in [-0.3, -0.25) is 9.59 Å². The summed E-state index contributed by atoms with van der Waals surface area (Å²) in [7, 11) is 0. The lowest BCUT2D eigenvalue weighted by molar-refractivity contribution is -0.123. The van der Waals surface area contributed by atoms with E-state index in [4.69, 9.17) is 11.5 Å². The zero-order valence-electron chi connectivity index (χ0n) is 9.84. The van der Waals surface area contributed by atoms with E-state index in [1.54, 1.807) is 0 Å². The van der Waals surface area contributed by atoms with Crippen molar-refractivity contribution in [1.82, 2.24) is 0 Å². The van der Waals surface area contributed by atoms with Crippen LogP contribution in [0.3, 0.4) is 0 Å². The van der Waals surface area contributed by atoms with Crippen molar-refractivity contribution in [3.63, 3.8) is 0 Å². The molecule has 0 saturated heterocycles. The average molecular weight is 226 g/mol. The molecule has 1 fully saturated rings. The number of carbonyl (C=O) groups is 2. The van der Waals surface area contributed by atoms with Crippen molar-refractivity contribution in [3.8, 4) is 0 Å². The van der Waals surface area contributed by atoms with Gasteiger partial charge in [0.15, 0.2) is 0 Å². The molecular weight excluding hydrogens is 204 g/mol. The fourth-order valence-electron chi connectivity index (χ4n) is 2.06. The van der Waals surface area contributed by atoms with Crippen LogP contribution in [0.25, 0.3) is 0 Å². The Morgan fingerprint density at radius 2 is 1.50 bits per heavy atom. The Hall–Kier alpha value is -1.06. The molecule has 1 saturated carbocycles. The Balaban J connectivity index is 1.93. The van der Waals surface area contributed by atoms with Crippen LogP contribution < -0.4 is 11.5 Å². The summed E-state index contributed by atoms with van der Waals surface area (Å²) in [5, 5.41) is 0. The van der Waals surface area contributed by atoms with Gasteiger partial charge in [0.2, 0.25) is 11.8 Å². The van der Waals surface area contributed by atoms with E-state index >= 15 is 0 Å². The first-order valence-corrected chi connectivity index (χ1v) is 6.15. The highest BCUT2D eigenvalue weighted by Gasteiger charge is 2.47. The summed E-state index contributed by atoms with van der Waals surface area (Å²) < 4.78 is 0. The topological polar surface area (TPSA) is 86.2 Å². The van der Waals surface area contributed by atoms with Gasteiger partial charge < -0.3 is 11.5 Å².